The number of ether oxygens (including phenoxy) is 16. The molecule has 0 amide bonds. The van der Waals surface area contributed by atoms with Crippen LogP contribution in [0.5, 0.6) is 0 Å². The summed E-state index contributed by atoms with van der Waals surface area (Å²) in [6.07, 6.45) is -20.6. The summed E-state index contributed by atoms with van der Waals surface area (Å²) in [6.45, 7) is 10.2. The first-order chi connectivity index (χ1) is 49.5. The fourth-order valence-corrected chi connectivity index (χ4v) is 13.5. The van der Waals surface area contributed by atoms with Crippen LogP contribution in [0.2, 0.25) is 0 Å². The standard InChI is InChI=1S/C83H94O18/c1-55-72(89-49-63-36-20-9-21-37-63)78(73(58(4)94-55)97-59(5)84)100-83-80(76(91-51-65-40-24-11-25-41-65)71(57(3)96-83)88-48-62-34-18-8-19-35-62)101-81-69(85)75(70(56(2)95-81)87-47-61-32-16-7-17-33-61)99-82-79(93-53-67-44-28-13-29-45-67)77(92-52-66-42-26-12-27-43-66)74(90-50-64-38-22-10-23-39-64)68(98-82)54-86-46-60-30-14-6-15-31-60/h6-45,55-58,68-83,85H,46-54H2,1-5H3/t55?,56?,57?,58-,68+,69?,70-,71-,72-,73?,74+,75-,76+,77?,78+,79?,80?,81-,82+,83-/m0/s1. The summed E-state index contributed by atoms with van der Waals surface area (Å²) < 4.78 is 112. The molecule has 0 saturated carbocycles. The molecule has 8 unspecified atom stereocenters. The van der Waals surface area contributed by atoms with Crippen LogP contribution in [-0.4, -0.2) is 140 Å². The predicted octanol–water partition coefficient (Wildman–Crippen LogP) is 12.8. The monoisotopic (exact) mass is 1380 g/mol. The largest absolute Gasteiger partial charge is 0.457 e. The molecule has 18 heteroatoms. The van der Waals surface area contributed by atoms with Crippen molar-refractivity contribution in [1.82, 2.24) is 0 Å². The number of benzene rings is 8. The van der Waals surface area contributed by atoms with Crippen molar-refractivity contribution in [3.63, 3.8) is 0 Å². The van der Waals surface area contributed by atoms with Crippen molar-refractivity contribution in [2.24, 2.45) is 0 Å². The lowest BCUT2D eigenvalue weighted by atomic mass is 9.94. The minimum Gasteiger partial charge on any atom is -0.457 e. The average molecular weight is 1380 g/mol. The van der Waals surface area contributed by atoms with Crippen molar-refractivity contribution in [1.29, 1.82) is 0 Å². The molecule has 4 saturated heterocycles. The fourth-order valence-electron chi connectivity index (χ4n) is 13.5. The van der Waals surface area contributed by atoms with Crippen LogP contribution in [-0.2, 0) is 133 Å². The Kier molecular flexibility index (Phi) is 27.0. The third-order valence-electron chi connectivity index (χ3n) is 18.6. The molecule has 0 aliphatic carbocycles. The quantitative estimate of drug-likeness (QED) is 0.0392. The molecule has 0 aromatic heterocycles. The number of aliphatic hydroxyl groups is 1. The van der Waals surface area contributed by atoms with Crippen LogP contribution in [0.3, 0.4) is 0 Å². The van der Waals surface area contributed by atoms with Crippen LogP contribution in [0.25, 0.3) is 0 Å². The fraction of sp³-hybridized carbons (Fsp3) is 0.410. The van der Waals surface area contributed by atoms with Crippen molar-refractivity contribution in [3.05, 3.63) is 287 Å². The second kappa shape index (κ2) is 37.2. The zero-order chi connectivity index (χ0) is 69.7. The van der Waals surface area contributed by atoms with Crippen LogP contribution in [0.15, 0.2) is 243 Å². The van der Waals surface area contributed by atoms with E-state index in [0.29, 0.717) is 0 Å². The van der Waals surface area contributed by atoms with Crippen LogP contribution in [0, 0.1) is 0 Å². The average Bonchev–Trinajstić information content (AvgIpc) is 0.767. The van der Waals surface area contributed by atoms with Crippen molar-refractivity contribution in [2.75, 3.05) is 6.61 Å². The Bertz CT molecular complexity index is 3650. The van der Waals surface area contributed by atoms with Gasteiger partial charge in [-0.3, -0.25) is 4.79 Å². The maximum atomic E-state index is 13.7. The SMILES string of the molecule is CC(=O)OC1[C@H](C)OC(C)[C@H](OCc2ccccc2)[C@H]1O[C@@H]1OC(C)[C@H](OCc2ccccc2)[C@@H](OCc2ccccc2)C1O[C@@H]1OC(C)[C@H](OCc2ccccc2)[C@@H](O[C@H]2O[C@H](COCc3ccccc3)[C@@H](OCc3ccccc3)C(OCc3ccccc3)C2OCc2ccccc2)C1O. The lowest BCUT2D eigenvalue weighted by Crippen LogP contribution is -2.68. The minimum absolute atomic E-state index is 0.0394. The lowest BCUT2D eigenvalue weighted by Gasteiger charge is -2.51. The van der Waals surface area contributed by atoms with Gasteiger partial charge in [-0.05, 0) is 72.2 Å². The van der Waals surface area contributed by atoms with E-state index in [2.05, 4.69) is 0 Å². The minimum atomic E-state index is -1.67. The third-order valence-corrected chi connectivity index (χ3v) is 18.6. The number of rotatable bonds is 32. The van der Waals surface area contributed by atoms with Gasteiger partial charge in [-0.1, -0.05) is 243 Å². The number of carbonyl (C=O) groups is 1. The van der Waals surface area contributed by atoms with E-state index >= 15 is 0 Å². The molecular weight excluding hydrogens is 1280 g/mol. The predicted molar refractivity (Wildman–Crippen MR) is 375 cm³/mol. The van der Waals surface area contributed by atoms with Gasteiger partial charge in [0.05, 0.1) is 83.9 Å². The van der Waals surface area contributed by atoms with Crippen LogP contribution in [0.1, 0.15) is 79.1 Å². The molecule has 8 aromatic rings. The van der Waals surface area contributed by atoms with Gasteiger partial charge in [-0.15, -0.1) is 0 Å². The van der Waals surface area contributed by atoms with E-state index in [1.54, 1.807) is 0 Å². The van der Waals surface area contributed by atoms with Gasteiger partial charge in [-0.25, -0.2) is 0 Å². The Labute approximate surface area is 592 Å². The molecule has 0 radical (unpaired) electrons. The second-order valence-corrected chi connectivity index (χ2v) is 26.2. The summed E-state index contributed by atoms with van der Waals surface area (Å²) in [5.41, 5.74) is 7.26. The van der Waals surface area contributed by atoms with Crippen molar-refractivity contribution >= 4 is 5.97 Å². The zero-order valence-electron chi connectivity index (χ0n) is 57.9. The molecule has 4 aliphatic rings. The van der Waals surface area contributed by atoms with Gasteiger partial charge in [-0.2, -0.15) is 0 Å². The summed E-state index contributed by atoms with van der Waals surface area (Å²) in [5.74, 6) is -0.549. The first-order valence-electron chi connectivity index (χ1n) is 35.1. The molecular formula is C83H94O18. The zero-order valence-corrected chi connectivity index (χ0v) is 57.9. The van der Waals surface area contributed by atoms with Gasteiger partial charge in [0.25, 0.3) is 0 Å². The summed E-state index contributed by atoms with van der Waals surface area (Å²) in [7, 11) is 0. The first kappa shape index (κ1) is 73.3. The highest BCUT2D eigenvalue weighted by atomic mass is 16.8. The topological polar surface area (TPSA) is 185 Å². The Morgan fingerprint density at radius 3 is 0.970 bits per heavy atom. The highest BCUT2D eigenvalue weighted by Gasteiger charge is 2.58. The highest BCUT2D eigenvalue weighted by Crippen LogP contribution is 2.40. The van der Waals surface area contributed by atoms with E-state index in [0.717, 1.165) is 44.5 Å². The Morgan fingerprint density at radius 1 is 0.297 bits per heavy atom. The molecule has 20 atom stereocenters. The molecule has 0 bridgehead atoms. The maximum absolute atomic E-state index is 13.7. The molecule has 4 fully saturated rings. The van der Waals surface area contributed by atoms with Crippen LogP contribution < -0.4 is 0 Å². The van der Waals surface area contributed by atoms with E-state index in [1.165, 1.54) is 6.92 Å². The van der Waals surface area contributed by atoms with E-state index in [4.69, 9.17) is 75.8 Å². The highest BCUT2D eigenvalue weighted by molar-refractivity contribution is 5.66. The van der Waals surface area contributed by atoms with Crippen molar-refractivity contribution in [2.45, 2.75) is 210 Å². The number of esters is 1. The maximum Gasteiger partial charge on any atom is 0.303 e. The molecule has 18 nitrogen and oxygen atoms in total. The van der Waals surface area contributed by atoms with Gasteiger partial charge in [0.1, 0.15) is 73.2 Å². The Morgan fingerprint density at radius 2 is 0.574 bits per heavy atom. The number of carbonyl (C=O) groups excluding carboxylic acids is 1. The normalized spacial score (nSPS) is 29.8. The van der Waals surface area contributed by atoms with E-state index in [1.807, 2.05) is 270 Å². The van der Waals surface area contributed by atoms with E-state index in [-0.39, 0.29) is 59.5 Å². The van der Waals surface area contributed by atoms with Gasteiger partial charge < -0.3 is 80.9 Å². The second-order valence-electron chi connectivity index (χ2n) is 26.2. The van der Waals surface area contributed by atoms with Gasteiger partial charge >= 0.3 is 5.97 Å². The Balaban J connectivity index is 0.941. The lowest BCUT2D eigenvalue weighted by molar-refractivity contribution is -0.399. The summed E-state index contributed by atoms with van der Waals surface area (Å²) in [4.78, 5) is 13.2. The van der Waals surface area contributed by atoms with E-state index in [9.17, 15) is 9.90 Å². The molecule has 12 rings (SSSR count). The van der Waals surface area contributed by atoms with Crippen molar-refractivity contribution < 1.29 is 85.7 Å². The summed E-state index contributed by atoms with van der Waals surface area (Å²) in [6, 6.07) is 78.7. The summed E-state index contributed by atoms with van der Waals surface area (Å²) >= 11 is 0. The molecule has 0 spiro atoms. The van der Waals surface area contributed by atoms with E-state index < -0.39 is 129 Å². The molecule has 8 aromatic carbocycles. The van der Waals surface area contributed by atoms with Crippen LogP contribution >= 0.6 is 0 Å². The molecule has 4 heterocycles. The van der Waals surface area contributed by atoms with Gasteiger partial charge in [0.2, 0.25) is 0 Å². The molecule has 1 N–H and O–H groups in total. The third kappa shape index (κ3) is 20.3. The van der Waals surface area contributed by atoms with Gasteiger partial charge in [0, 0.05) is 6.92 Å². The molecule has 101 heavy (non-hydrogen) atoms. The molecule has 534 valence electrons. The molecule has 4 aliphatic heterocycles. The smallest absolute Gasteiger partial charge is 0.303 e. The Hall–Kier alpha value is -7.41. The van der Waals surface area contributed by atoms with Crippen LogP contribution in [0.4, 0.5) is 0 Å². The van der Waals surface area contributed by atoms with Gasteiger partial charge in [0.15, 0.2) is 25.0 Å². The number of aliphatic hydroxyl groups excluding tert-OH is 1. The first-order valence-corrected chi connectivity index (χ1v) is 35.1. The summed E-state index contributed by atoms with van der Waals surface area (Å²) in [5, 5.41) is 13.7. The van der Waals surface area contributed by atoms with Crippen molar-refractivity contribution in [3.8, 4) is 0 Å². The number of hydrogen-bond acceptors (Lipinski definition) is 18. The number of hydrogen-bond donors (Lipinski definition) is 1.